The molecule has 0 atom stereocenters. The van der Waals surface area contributed by atoms with Crippen LogP contribution in [0.1, 0.15) is 45.7 Å². The normalized spacial score (nSPS) is 17.2. The number of carbonyl (C=O) groups is 2. The highest BCUT2D eigenvalue weighted by atomic mass is 19.1. The van der Waals surface area contributed by atoms with Gasteiger partial charge in [0.1, 0.15) is 22.9 Å². The van der Waals surface area contributed by atoms with Crippen molar-refractivity contribution in [3.8, 4) is 11.5 Å². The number of carbonyl (C=O) groups excluding carboxylic acids is 2. The van der Waals surface area contributed by atoms with E-state index in [-0.39, 0.29) is 18.1 Å². The fraction of sp³-hybridized carbons (Fsp3) is 0.320. The Morgan fingerprint density at radius 3 is 2.69 bits per heavy atom. The van der Waals surface area contributed by atoms with E-state index >= 15 is 0 Å². The summed E-state index contributed by atoms with van der Waals surface area (Å²) in [5.74, 6) is 0.642. The Kier molecular flexibility index (Phi) is 4.84. The third kappa shape index (κ3) is 3.47. The van der Waals surface area contributed by atoms with Gasteiger partial charge in [-0.2, -0.15) is 0 Å². The van der Waals surface area contributed by atoms with E-state index in [1.807, 2.05) is 6.92 Å². The number of methoxy groups -OCH3 is 1. The lowest BCUT2D eigenvalue weighted by Gasteiger charge is -2.44. The topological polar surface area (TPSA) is 68.7 Å². The first-order chi connectivity index (χ1) is 15.4. The van der Waals surface area contributed by atoms with Crippen molar-refractivity contribution in [1.82, 2.24) is 9.88 Å². The van der Waals surface area contributed by atoms with Gasteiger partial charge >= 0.3 is 0 Å². The SMILES string of the molecule is COc1ccc2c(c1)OC1(CCN(C(=O)c3cc(C)nc4ccc(F)cc34)CC1)CC2=O. The number of benzene rings is 2. The molecule has 1 saturated heterocycles. The van der Waals surface area contributed by atoms with Gasteiger partial charge < -0.3 is 14.4 Å². The molecule has 2 aliphatic rings. The zero-order chi connectivity index (χ0) is 22.5. The summed E-state index contributed by atoms with van der Waals surface area (Å²) in [6.45, 7) is 2.71. The van der Waals surface area contributed by atoms with E-state index in [4.69, 9.17) is 9.47 Å². The number of ketones is 1. The predicted molar refractivity (Wildman–Crippen MR) is 117 cm³/mol. The molecule has 0 unspecified atom stereocenters. The van der Waals surface area contributed by atoms with Gasteiger partial charge in [0.15, 0.2) is 5.78 Å². The second kappa shape index (κ2) is 7.58. The Balaban J connectivity index is 1.38. The molecule has 7 heteroatoms. The maximum Gasteiger partial charge on any atom is 0.254 e. The monoisotopic (exact) mass is 434 g/mol. The molecule has 0 bridgehead atoms. The molecule has 3 aromatic rings. The molecule has 0 aliphatic carbocycles. The lowest BCUT2D eigenvalue weighted by Crippen LogP contribution is -2.52. The second-order valence-electron chi connectivity index (χ2n) is 8.51. The number of Topliss-reactive ketones (excluding diaryl/α,β-unsaturated/α-hetero) is 1. The fourth-order valence-corrected chi connectivity index (χ4v) is 4.68. The van der Waals surface area contributed by atoms with Gasteiger partial charge in [0.2, 0.25) is 0 Å². The first-order valence-electron chi connectivity index (χ1n) is 10.6. The zero-order valence-electron chi connectivity index (χ0n) is 18.0. The van der Waals surface area contributed by atoms with E-state index in [2.05, 4.69) is 4.98 Å². The van der Waals surface area contributed by atoms with Gasteiger partial charge in [-0.1, -0.05) is 0 Å². The van der Waals surface area contributed by atoms with Crippen LogP contribution < -0.4 is 9.47 Å². The van der Waals surface area contributed by atoms with Crippen molar-refractivity contribution in [3.05, 3.63) is 65.1 Å². The highest BCUT2D eigenvalue weighted by Crippen LogP contribution is 2.41. The van der Waals surface area contributed by atoms with Crippen LogP contribution in [0.5, 0.6) is 11.5 Å². The van der Waals surface area contributed by atoms with Crippen molar-refractivity contribution >= 4 is 22.6 Å². The fourth-order valence-electron chi connectivity index (χ4n) is 4.68. The van der Waals surface area contributed by atoms with E-state index in [9.17, 15) is 14.0 Å². The average molecular weight is 434 g/mol. The van der Waals surface area contributed by atoms with Gasteiger partial charge in [0.05, 0.1) is 30.2 Å². The van der Waals surface area contributed by atoms with Gasteiger partial charge in [-0.15, -0.1) is 0 Å². The summed E-state index contributed by atoms with van der Waals surface area (Å²) in [5.41, 5.74) is 1.67. The highest BCUT2D eigenvalue weighted by molar-refractivity contribution is 6.06. The molecule has 1 fully saturated rings. The molecule has 0 radical (unpaired) electrons. The van der Waals surface area contributed by atoms with Gasteiger partial charge in [-0.05, 0) is 43.3 Å². The molecular formula is C25H23FN2O4. The van der Waals surface area contributed by atoms with Gasteiger partial charge in [0, 0.05) is 43.1 Å². The third-order valence-electron chi connectivity index (χ3n) is 6.39. The van der Waals surface area contributed by atoms with Crippen molar-refractivity contribution < 1.29 is 23.5 Å². The Bertz CT molecular complexity index is 1250. The largest absolute Gasteiger partial charge is 0.497 e. The summed E-state index contributed by atoms with van der Waals surface area (Å²) >= 11 is 0. The minimum absolute atomic E-state index is 0.0416. The van der Waals surface area contributed by atoms with E-state index < -0.39 is 11.4 Å². The van der Waals surface area contributed by atoms with Crippen LogP contribution in [-0.2, 0) is 0 Å². The molecular weight excluding hydrogens is 411 g/mol. The molecule has 0 N–H and O–H groups in total. The molecule has 164 valence electrons. The quantitative estimate of drug-likeness (QED) is 0.601. The van der Waals surface area contributed by atoms with Crippen LogP contribution in [0.3, 0.4) is 0 Å². The minimum Gasteiger partial charge on any atom is -0.497 e. The number of ether oxygens (including phenoxy) is 2. The number of hydrogen-bond acceptors (Lipinski definition) is 5. The summed E-state index contributed by atoms with van der Waals surface area (Å²) in [4.78, 5) is 32.3. The number of pyridine rings is 1. The van der Waals surface area contributed by atoms with Crippen LogP contribution in [0.4, 0.5) is 4.39 Å². The summed E-state index contributed by atoms with van der Waals surface area (Å²) in [7, 11) is 1.57. The Labute approximate surface area is 185 Å². The van der Waals surface area contributed by atoms with Crippen LogP contribution in [0.2, 0.25) is 0 Å². The summed E-state index contributed by atoms with van der Waals surface area (Å²) in [6, 6.07) is 11.2. The molecule has 6 nitrogen and oxygen atoms in total. The zero-order valence-corrected chi connectivity index (χ0v) is 18.0. The number of halogens is 1. The van der Waals surface area contributed by atoms with Crippen LogP contribution in [0.25, 0.3) is 10.9 Å². The molecule has 1 aromatic heterocycles. The van der Waals surface area contributed by atoms with Gasteiger partial charge in [-0.3, -0.25) is 14.6 Å². The maximum atomic E-state index is 13.9. The van der Waals surface area contributed by atoms with E-state index in [0.717, 1.165) is 0 Å². The van der Waals surface area contributed by atoms with Crippen LogP contribution in [0, 0.1) is 12.7 Å². The smallest absolute Gasteiger partial charge is 0.254 e. The number of likely N-dealkylation sites (tertiary alicyclic amines) is 1. The Morgan fingerprint density at radius 2 is 1.94 bits per heavy atom. The number of nitrogens with zero attached hydrogens (tertiary/aromatic N) is 2. The standard InChI is InChI=1S/C25H23FN2O4/c1-15-11-20(19-12-16(26)3-6-21(19)27-15)24(30)28-9-7-25(8-10-28)14-22(29)18-5-4-17(31-2)13-23(18)32-25/h3-6,11-13H,7-10,14H2,1-2H3. The number of fused-ring (bicyclic) bond motifs is 2. The van der Waals surface area contributed by atoms with Crippen molar-refractivity contribution in [1.29, 1.82) is 0 Å². The number of amides is 1. The average Bonchev–Trinajstić information content (AvgIpc) is 2.78. The van der Waals surface area contributed by atoms with Gasteiger partial charge in [0.25, 0.3) is 5.91 Å². The predicted octanol–water partition coefficient (Wildman–Crippen LogP) is 4.33. The summed E-state index contributed by atoms with van der Waals surface area (Å²) in [5, 5.41) is 0.506. The molecule has 32 heavy (non-hydrogen) atoms. The molecule has 2 aliphatic heterocycles. The first-order valence-corrected chi connectivity index (χ1v) is 10.6. The number of piperidine rings is 1. The lowest BCUT2D eigenvalue weighted by atomic mass is 9.82. The highest BCUT2D eigenvalue weighted by Gasteiger charge is 2.44. The summed E-state index contributed by atoms with van der Waals surface area (Å²) < 4.78 is 25.4. The molecule has 5 rings (SSSR count). The third-order valence-corrected chi connectivity index (χ3v) is 6.39. The lowest BCUT2D eigenvalue weighted by molar-refractivity contribution is -0.00576. The minimum atomic E-state index is -0.629. The Morgan fingerprint density at radius 1 is 1.16 bits per heavy atom. The molecule has 1 amide bonds. The molecule has 3 heterocycles. The van der Waals surface area contributed by atoms with E-state index in [0.29, 0.717) is 65.2 Å². The van der Waals surface area contributed by atoms with E-state index in [1.54, 1.807) is 42.3 Å². The first kappa shape index (κ1) is 20.4. The van der Waals surface area contributed by atoms with Crippen LogP contribution in [-0.4, -0.2) is 47.4 Å². The Hall–Kier alpha value is -3.48. The van der Waals surface area contributed by atoms with Crippen LogP contribution in [0.15, 0.2) is 42.5 Å². The number of aryl methyl sites for hydroxylation is 1. The summed E-state index contributed by atoms with van der Waals surface area (Å²) in [6.07, 6.45) is 1.37. The molecule has 2 aromatic carbocycles. The maximum absolute atomic E-state index is 13.9. The number of aromatic nitrogens is 1. The van der Waals surface area contributed by atoms with Crippen molar-refractivity contribution in [3.63, 3.8) is 0 Å². The van der Waals surface area contributed by atoms with Crippen molar-refractivity contribution in [2.45, 2.75) is 31.8 Å². The molecule has 0 saturated carbocycles. The number of rotatable bonds is 2. The van der Waals surface area contributed by atoms with E-state index in [1.165, 1.54) is 12.1 Å². The van der Waals surface area contributed by atoms with Crippen molar-refractivity contribution in [2.24, 2.45) is 0 Å². The second-order valence-corrected chi connectivity index (χ2v) is 8.51. The van der Waals surface area contributed by atoms with Crippen LogP contribution >= 0.6 is 0 Å². The number of hydrogen-bond donors (Lipinski definition) is 0. The molecule has 1 spiro atoms. The van der Waals surface area contributed by atoms with Crippen molar-refractivity contribution in [2.75, 3.05) is 20.2 Å². The van der Waals surface area contributed by atoms with Gasteiger partial charge in [-0.25, -0.2) is 4.39 Å².